The minimum Gasteiger partial charge on any atom is -0.490 e. The van der Waals surface area contributed by atoms with E-state index in [0.29, 0.717) is 56.1 Å². The summed E-state index contributed by atoms with van der Waals surface area (Å²) in [7, 11) is -3.55. The number of aryl methyl sites for hydroxylation is 1. The average Bonchev–Trinajstić information content (AvgIpc) is 2.74. The van der Waals surface area contributed by atoms with Crippen LogP contribution in [0.1, 0.15) is 42.8 Å². The third-order valence-corrected chi connectivity index (χ3v) is 7.41. The number of ether oxygens (including phenoxy) is 1. The Morgan fingerprint density at radius 2 is 1.74 bits per heavy atom. The van der Waals surface area contributed by atoms with Crippen LogP contribution in [0.2, 0.25) is 0 Å². The van der Waals surface area contributed by atoms with E-state index < -0.39 is 15.6 Å². The average molecular weight is 449 g/mol. The van der Waals surface area contributed by atoms with Crippen LogP contribution in [0.3, 0.4) is 0 Å². The number of sulfonamides is 1. The zero-order valence-electron chi connectivity index (χ0n) is 18.0. The lowest BCUT2D eigenvalue weighted by Crippen LogP contribution is -2.41. The summed E-state index contributed by atoms with van der Waals surface area (Å²) < 4.78 is 37.4. The quantitative estimate of drug-likeness (QED) is 0.646. The second-order valence-corrected chi connectivity index (χ2v) is 9.38. The Kier molecular flexibility index (Phi) is 7.17. The van der Waals surface area contributed by atoms with E-state index in [4.69, 9.17) is 9.15 Å². The van der Waals surface area contributed by atoms with Crippen LogP contribution in [-0.4, -0.2) is 55.8 Å². The Hall–Kier alpha value is -2.65. The van der Waals surface area contributed by atoms with E-state index in [1.54, 1.807) is 43.9 Å². The molecule has 0 atom stereocenters. The zero-order chi connectivity index (χ0) is 22.6. The van der Waals surface area contributed by atoms with Crippen molar-refractivity contribution in [2.24, 2.45) is 0 Å². The molecule has 3 rings (SSSR count). The monoisotopic (exact) mass is 448 g/mol. The van der Waals surface area contributed by atoms with Crippen molar-refractivity contribution in [2.45, 2.75) is 44.6 Å². The van der Waals surface area contributed by atoms with E-state index in [1.807, 2.05) is 0 Å². The lowest BCUT2D eigenvalue weighted by atomic mass is 10.1. The molecule has 1 aliphatic rings. The van der Waals surface area contributed by atoms with Gasteiger partial charge in [-0.2, -0.15) is 4.31 Å². The third kappa shape index (κ3) is 5.34. The van der Waals surface area contributed by atoms with Gasteiger partial charge in [-0.25, -0.2) is 13.2 Å². The molecule has 1 saturated heterocycles. The molecule has 1 fully saturated rings. The molecule has 2 heterocycles. The number of carbonyl (C=O) groups excluding carboxylic acids is 1. The lowest BCUT2D eigenvalue weighted by molar-refractivity contribution is 0.0594. The van der Waals surface area contributed by atoms with E-state index >= 15 is 0 Å². The van der Waals surface area contributed by atoms with Gasteiger partial charge in [-0.1, -0.05) is 13.8 Å². The number of amides is 1. The summed E-state index contributed by atoms with van der Waals surface area (Å²) in [4.78, 5) is 26.2. The highest BCUT2D eigenvalue weighted by molar-refractivity contribution is 7.89. The molecule has 31 heavy (non-hydrogen) atoms. The van der Waals surface area contributed by atoms with Gasteiger partial charge in [-0.05, 0) is 31.2 Å². The predicted octanol–water partition coefficient (Wildman–Crippen LogP) is 2.66. The van der Waals surface area contributed by atoms with Crippen LogP contribution < -0.4 is 10.4 Å². The molecule has 0 N–H and O–H groups in total. The van der Waals surface area contributed by atoms with Gasteiger partial charge in [0, 0.05) is 50.7 Å². The molecule has 0 spiro atoms. The Morgan fingerprint density at radius 3 is 2.29 bits per heavy atom. The number of benzene rings is 1. The van der Waals surface area contributed by atoms with E-state index in [9.17, 15) is 18.0 Å². The van der Waals surface area contributed by atoms with E-state index in [2.05, 4.69) is 0 Å². The first-order valence-corrected chi connectivity index (χ1v) is 11.9. The first-order chi connectivity index (χ1) is 14.7. The molecule has 168 valence electrons. The van der Waals surface area contributed by atoms with Crippen molar-refractivity contribution in [2.75, 3.05) is 26.2 Å². The third-order valence-electron chi connectivity index (χ3n) is 5.34. The number of hydrogen-bond acceptors (Lipinski definition) is 6. The molecule has 9 heteroatoms. The van der Waals surface area contributed by atoms with Crippen LogP contribution in [0.5, 0.6) is 5.75 Å². The molecule has 1 aromatic heterocycles. The van der Waals surface area contributed by atoms with Crippen molar-refractivity contribution in [1.82, 2.24) is 9.21 Å². The van der Waals surface area contributed by atoms with Crippen molar-refractivity contribution in [3.05, 3.63) is 58.1 Å². The summed E-state index contributed by atoms with van der Waals surface area (Å²) in [5, 5.41) is 0. The summed E-state index contributed by atoms with van der Waals surface area (Å²) in [6.45, 7) is 7.09. The standard InChI is InChI=1S/C22H28N2O6S/c1-4-24(5-2)31(27,28)20-8-6-17(7-9-20)22(26)23-12-10-18(11-13-23)30-19-14-16(3)29-21(25)15-19/h6-9,14-15,18H,4-5,10-13H2,1-3H3. The zero-order valence-corrected chi connectivity index (χ0v) is 18.9. The molecule has 0 bridgehead atoms. The number of likely N-dealkylation sites (tertiary alicyclic amines) is 1. The summed E-state index contributed by atoms with van der Waals surface area (Å²) >= 11 is 0. The van der Waals surface area contributed by atoms with Gasteiger partial charge in [0.25, 0.3) is 5.91 Å². The molecule has 0 radical (unpaired) electrons. The Bertz CT molecular complexity index is 1070. The highest BCUT2D eigenvalue weighted by Gasteiger charge is 2.26. The van der Waals surface area contributed by atoms with E-state index in [0.717, 1.165) is 0 Å². The van der Waals surface area contributed by atoms with E-state index in [1.165, 1.54) is 22.5 Å². The molecule has 1 aromatic carbocycles. The van der Waals surface area contributed by atoms with Crippen LogP contribution in [-0.2, 0) is 10.0 Å². The summed E-state index contributed by atoms with van der Waals surface area (Å²) in [6, 6.07) is 9.09. The van der Waals surface area contributed by atoms with Crippen LogP contribution >= 0.6 is 0 Å². The largest absolute Gasteiger partial charge is 0.490 e. The number of rotatable bonds is 7. The maximum absolute atomic E-state index is 12.8. The Balaban J connectivity index is 1.61. The van der Waals surface area contributed by atoms with Gasteiger partial charge in [0.15, 0.2) is 0 Å². The summed E-state index contributed by atoms with van der Waals surface area (Å²) in [5.74, 6) is 0.825. The molecule has 0 aliphatic carbocycles. The van der Waals surface area contributed by atoms with Crippen molar-refractivity contribution >= 4 is 15.9 Å². The normalized spacial score (nSPS) is 15.3. The highest BCUT2D eigenvalue weighted by atomic mass is 32.2. The molecular weight excluding hydrogens is 420 g/mol. The van der Waals surface area contributed by atoms with Crippen molar-refractivity contribution in [3.8, 4) is 5.75 Å². The lowest BCUT2D eigenvalue weighted by Gasteiger charge is -2.32. The topological polar surface area (TPSA) is 97.1 Å². The van der Waals surface area contributed by atoms with Crippen molar-refractivity contribution in [3.63, 3.8) is 0 Å². The predicted molar refractivity (Wildman–Crippen MR) is 116 cm³/mol. The second-order valence-electron chi connectivity index (χ2n) is 7.45. The number of nitrogens with zero attached hydrogens (tertiary/aromatic N) is 2. The fourth-order valence-corrected chi connectivity index (χ4v) is 5.14. The molecular formula is C22H28N2O6S. The molecule has 0 saturated carbocycles. The molecule has 0 unspecified atom stereocenters. The SMILES string of the molecule is CCN(CC)S(=O)(=O)c1ccc(C(=O)N2CCC(Oc3cc(C)oc(=O)c3)CC2)cc1. The maximum atomic E-state index is 12.8. The smallest absolute Gasteiger partial charge is 0.339 e. The first-order valence-electron chi connectivity index (χ1n) is 10.4. The van der Waals surface area contributed by atoms with Crippen LogP contribution in [0.15, 0.2) is 50.5 Å². The van der Waals surface area contributed by atoms with Gasteiger partial charge in [-0.15, -0.1) is 0 Å². The Labute approximate surface area is 182 Å². The molecule has 2 aromatic rings. The van der Waals surface area contributed by atoms with Crippen molar-refractivity contribution < 1.29 is 22.4 Å². The number of piperidine rings is 1. The Morgan fingerprint density at radius 1 is 1.13 bits per heavy atom. The second kappa shape index (κ2) is 9.65. The highest BCUT2D eigenvalue weighted by Crippen LogP contribution is 2.21. The molecule has 1 amide bonds. The minimum atomic E-state index is -3.55. The fourth-order valence-electron chi connectivity index (χ4n) is 3.68. The first kappa shape index (κ1) is 23.0. The van der Waals surface area contributed by atoms with Gasteiger partial charge in [0.2, 0.25) is 10.0 Å². The van der Waals surface area contributed by atoms with E-state index in [-0.39, 0.29) is 16.9 Å². The fraction of sp³-hybridized carbons (Fsp3) is 0.455. The van der Waals surface area contributed by atoms with Crippen LogP contribution in [0.25, 0.3) is 0 Å². The van der Waals surface area contributed by atoms with Crippen LogP contribution in [0, 0.1) is 6.92 Å². The van der Waals surface area contributed by atoms with Gasteiger partial charge >= 0.3 is 5.63 Å². The molecule has 1 aliphatic heterocycles. The minimum absolute atomic E-state index is 0.0909. The van der Waals surface area contributed by atoms with Gasteiger partial charge in [-0.3, -0.25) is 4.79 Å². The van der Waals surface area contributed by atoms with Crippen molar-refractivity contribution in [1.29, 1.82) is 0 Å². The van der Waals surface area contributed by atoms with Crippen LogP contribution in [0.4, 0.5) is 0 Å². The summed E-state index contributed by atoms with van der Waals surface area (Å²) in [5.41, 5.74) is 0.00299. The van der Waals surface area contributed by atoms with Gasteiger partial charge < -0.3 is 14.1 Å². The van der Waals surface area contributed by atoms with Gasteiger partial charge in [0.1, 0.15) is 17.6 Å². The van der Waals surface area contributed by atoms with Gasteiger partial charge in [0.05, 0.1) is 11.0 Å². The number of hydrogen-bond donors (Lipinski definition) is 0. The maximum Gasteiger partial charge on any atom is 0.339 e. The summed E-state index contributed by atoms with van der Waals surface area (Å²) in [6.07, 6.45) is 1.19. The number of carbonyl (C=O) groups is 1. The molecule has 8 nitrogen and oxygen atoms in total.